The summed E-state index contributed by atoms with van der Waals surface area (Å²) in [4.78, 5) is 30.2. The number of nitrogens with one attached hydrogen (secondary N) is 1. The van der Waals surface area contributed by atoms with Gasteiger partial charge in [-0.25, -0.2) is 4.98 Å². The van der Waals surface area contributed by atoms with Crippen LogP contribution in [0.3, 0.4) is 0 Å². The van der Waals surface area contributed by atoms with Crippen molar-refractivity contribution in [2.24, 2.45) is 0 Å². The number of nitrogens with zero attached hydrogens (tertiary/aromatic N) is 2. The number of hydrogen-bond donors (Lipinski definition) is 1. The Labute approximate surface area is 182 Å². The van der Waals surface area contributed by atoms with Gasteiger partial charge in [0.05, 0.1) is 17.8 Å². The van der Waals surface area contributed by atoms with Crippen LogP contribution >= 0.6 is 34.7 Å². The van der Waals surface area contributed by atoms with Gasteiger partial charge in [0.1, 0.15) is 4.70 Å². The van der Waals surface area contributed by atoms with E-state index in [1.54, 1.807) is 4.57 Å². The third kappa shape index (κ3) is 4.85. The van der Waals surface area contributed by atoms with Crippen molar-refractivity contribution in [3.05, 3.63) is 56.7 Å². The lowest BCUT2D eigenvalue weighted by molar-refractivity contribution is -0.119. The molecule has 0 atom stereocenters. The predicted octanol–water partition coefficient (Wildman–Crippen LogP) is 4.70. The summed E-state index contributed by atoms with van der Waals surface area (Å²) in [6.45, 7) is 0.325. The summed E-state index contributed by atoms with van der Waals surface area (Å²) in [7, 11) is 0. The van der Waals surface area contributed by atoms with Crippen molar-refractivity contribution in [3.63, 3.8) is 0 Å². The largest absolute Gasteiger partial charge is 0.353 e. The van der Waals surface area contributed by atoms with E-state index < -0.39 is 0 Å². The smallest absolute Gasteiger partial charge is 0.272 e. The Hall–Kier alpha value is -1.83. The molecule has 1 N–H and O–H groups in total. The average molecular weight is 448 g/mol. The Morgan fingerprint density at radius 3 is 2.83 bits per heavy atom. The zero-order valence-corrected chi connectivity index (χ0v) is 18.3. The van der Waals surface area contributed by atoms with Crippen LogP contribution in [-0.2, 0) is 11.3 Å². The Morgan fingerprint density at radius 2 is 2.03 bits per heavy atom. The summed E-state index contributed by atoms with van der Waals surface area (Å²) >= 11 is 8.99. The third-order valence-corrected chi connectivity index (χ3v) is 7.36. The molecule has 1 amide bonds. The number of carbonyl (C=O) groups is 1. The van der Waals surface area contributed by atoms with Crippen LogP contribution in [0.25, 0.3) is 10.2 Å². The minimum Gasteiger partial charge on any atom is -0.353 e. The van der Waals surface area contributed by atoms with Gasteiger partial charge in [0.25, 0.3) is 5.56 Å². The van der Waals surface area contributed by atoms with Crippen LogP contribution in [0, 0.1) is 0 Å². The molecule has 1 fully saturated rings. The summed E-state index contributed by atoms with van der Waals surface area (Å²) in [5.41, 5.74) is 1.42. The van der Waals surface area contributed by atoms with E-state index in [1.165, 1.54) is 42.4 Å². The van der Waals surface area contributed by atoms with Gasteiger partial charge in [-0.3, -0.25) is 14.2 Å². The van der Waals surface area contributed by atoms with E-state index in [2.05, 4.69) is 10.3 Å². The monoisotopic (exact) mass is 447 g/mol. The highest BCUT2D eigenvalue weighted by Gasteiger charge is 2.18. The molecule has 8 heteroatoms. The molecule has 0 spiro atoms. The fourth-order valence-corrected chi connectivity index (χ4v) is 5.40. The van der Waals surface area contributed by atoms with Gasteiger partial charge in [-0.2, -0.15) is 0 Å². The molecule has 2 heterocycles. The molecule has 1 aliphatic carbocycles. The second kappa shape index (κ2) is 9.32. The number of thioether (sulfide) groups is 1. The number of carbonyl (C=O) groups excluding carboxylic acids is 1. The second-order valence-electron chi connectivity index (χ2n) is 7.20. The number of amides is 1. The van der Waals surface area contributed by atoms with Crippen LogP contribution in [0.5, 0.6) is 0 Å². The number of aromatic nitrogens is 2. The fraction of sp³-hybridized carbons (Fsp3) is 0.381. The standard InChI is InChI=1S/C21H22ClN3O2S2/c22-16-9-5-4-6-14(16)12-25-20(27)19-17(10-11-28-19)24-21(25)29-13-18(26)23-15-7-2-1-3-8-15/h4-6,9-11,15H,1-3,7-8,12-13H2,(H,23,26). The van der Waals surface area contributed by atoms with E-state index in [4.69, 9.17) is 11.6 Å². The lowest BCUT2D eigenvalue weighted by Gasteiger charge is -2.22. The van der Waals surface area contributed by atoms with E-state index in [1.807, 2.05) is 35.7 Å². The van der Waals surface area contributed by atoms with Crippen molar-refractivity contribution in [1.82, 2.24) is 14.9 Å². The number of thiophene rings is 1. The SMILES string of the molecule is O=C(CSc1nc2ccsc2c(=O)n1Cc1ccccc1Cl)NC1CCCCC1. The maximum atomic E-state index is 13.1. The first-order valence-electron chi connectivity index (χ1n) is 9.75. The normalized spacial score (nSPS) is 14.9. The molecule has 0 aliphatic heterocycles. The van der Waals surface area contributed by atoms with Gasteiger partial charge in [-0.15, -0.1) is 11.3 Å². The van der Waals surface area contributed by atoms with Gasteiger partial charge < -0.3 is 5.32 Å². The van der Waals surface area contributed by atoms with Crippen LogP contribution in [0.1, 0.15) is 37.7 Å². The van der Waals surface area contributed by atoms with Crippen molar-refractivity contribution >= 4 is 50.8 Å². The zero-order chi connectivity index (χ0) is 20.2. The molecule has 1 aromatic carbocycles. The van der Waals surface area contributed by atoms with Crippen LogP contribution in [0.15, 0.2) is 45.7 Å². The molecule has 1 aliphatic rings. The first kappa shape index (κ1) is 20.4. The molecule has 1 saturated carbocycles. The Balaban J connectivity index is 1.56. The first-order valence-corrected chi connectivity index (χ1v) is 12.0. The van der Waals surface area contributed by atoms with Gasteiger partial charge in [0.15, 0.2) is 5.16 Å². The Morgan fingerprint density at radius 1 is 1.24 bits per heavy atom. The highest BCUT2D eigenvalue weighted by Crippen LogP contribution is 2.24. The molecule has 5 nitrogen and oxygen atoms in total. The maximum Gasteiger partial charge on any atom is 0.272 e. The van der Waals surface area contributed by atoms with Crippen molar-refractivity contribution in [2.75, 3.05) is 5.75 Å². The van der Waals surface area contributed by atoms with Crippen LogP contribution in [-0.4, -0.2) is 27.3 Å². The van der Waals surface area contributed by atoms with E-state index >= 15 is 0 Å². The highest BCUT2D eigenvalue weighted by atomic mass is 35.5. The summed E-state index contributed by atoms with van der Waals surface area (Å²) in [6, 6.07) is 9.58. The Kier molecular flexibility index (Phi) is 6.57. The summed E-state index contributed by atoms with van der Waals surface area (Å²) in [5.74, 6) is 0.229. The third-order valence-electron chi connectivity index (χ3n) is 5.12. The summed E-state index contributed by atoms with van der Waals surface area (Å²) in [6.07, 6.45) is 5.69. The lowest BCUT2D eigenvalue weighted by Crippen LogP contribution is -2.37. The van der Waals surface area contributed by atoms with Gasteiger partial charge in [-0.05, 0) is 35.9 Å². The molecule has 0 saturated heterocycles. The van der Waals surface area contributed by atoms with Crippen LogP contribution < -0.4 is 10.9 Å². The second-order valence-corrected chi connectivity index (χ2v) is 9.47. The number of halogens is 1. The molecule has 0 radical (unpaired) electrons. The molecule has 0 unspecified atom stereocenters. The van der Waals surface area contributed by atoms with E-state index in [0.29, 0.717) is 26.9 Å². The number of hydrogen-bond acceptors (Lipinski definition) is 5. The molecule has 4 rings (SSSR count). The average Bonchev–Trinajstić information content (AvgIpc) is 3.20. The predicted molar refractivity (Wildman–Crippen MR) is 120 cm³/mol. The van der Waals surface area contributed by atoms with Crippen molar-refractivity contribution in [1.29, 1.82) is 0 Å². The first-order chi connectivity index (χ1) is 14.1. The number of fused-ring (bicyclic) bond motifs is 1. The molecule has 0 bridgehead atoms. The van der Waals surface area contributed by atoms with Gasteiger partial charge >= 0.3 is 0 Å². The Bertz CT molecular complexity index is 1070. The van der Waals surface area contributed by atoms with Gasteiger partial charge in [-0.1, -0.05) is 60.8 Å². The van der Waals surface area contributed by atoms with E-state index in [9.17, 15) is 9.59 Å². The van der Waals surface area contributed by atoms with Crippen molar-refractivity contribution < 1.29 is 4.79 Å². The summed E-state index contributed by atoms with van der Waals surface area (Å²) in [5, 5.41) is 6.13. The highest BCUT2D eigenvalue weighted by molar-refractivity contribution is 7.99. The van der Waals surface area contributed by atoms with E-state index in [-0.39, 0.29) is 23.3 Å². The zero-order valence-electron chi connectivity index (χ0n) is 15.9. The van der Waals surface area contributed by atoms with Crippen LogP contribution in [0.4, 0.5) is 0 Å². The maximum absolute atomic E-state index is 13.1. The fourth-order valence-electron chi connectivity index (χ4n) is 3.62. The van der Waals surface area contributed by atoms with Crippen LogP contribution in [0.2, 0.25) is 5.02 Å². The molecule has 3 aromatic rings. The van der Waals surface area contributed by atoms with E-state index in [0.717, 1.165) is 18.4 Å². The molecular formula is C21H22ClN3O2S2. The van der Waals surface area contributed by atoms with Crippen molar-refractivity contribution in [3.8, 4) is 0 Å². The minimum absolute atomic E-state index is 0.00846. The van der Waals surface area contributed by atoms with Gasteiger partial charge in [0, 0.05) is 11.1 Å². The minimum atomic E-state index is -0.0971. The molecule has 152 valence electrons. The topological polar surface area (TPSA) is 64.0 Å². The molecular weight excluding hydrogens is 426 g/mol. The number of benzene rings is 1. The number of rotatable bonds is 6. The molecule has 29 heavy (non-hydrogen) atoms. The lowest BCUT2D eigenvalue weighted by atomic mass is 9.95. The van der Waals surface area contributed by atoms with Gasteiger partial charge in [0.2, 0.25) is 5.91 Å². The van der Waals surface area contributed by atoms with Crippen molar-refractivity contribution in [2.45, 2.75) is 49.8 Å². The summed E-state index contributed by atoms with van der Waals surface area (Å²) < 4.78 is 2.24. The molecule has 2 aromatic heterocycles. The quantitative estimate of drug-likeness (QED) is 0.439.